The summed E-state index contributed by atoms with van der Waals surface area (Å²) in [5.74, 6) is -0.0767. The van der Waals surface area contributed by atoms with Crippen molar-refractivity contribution in [2.45, 2.75) is 62.4 Å². The summed E-state index contributed by atoms with van der Waals surface area (Å²) >= 11 is 3.68. The Morgan fingerprint density at radius 1 is 1.06 bits per heavy atom. The Hall–Kier alpha value is -4.23. The second kappa shape index (κ2) is 10.6. The van der Waals surface area contributed by atoms with Crippen LogP contribution in [0.5, 0.6) is 0 Å². The smallest absolute Gasteiger partial charge is 0.410 e. The number of likely N-dealkylation sites (tertiary alicyclic amines) is 1. The average Bonchev–Trinajstić information content (AvgIpc) is 3.70. The van der Waals surface area contributed by atoms with Crippen LogP contribution in [-0.4, -0.2) is 69.8 Å². The maximum Gasteiger partial charge on any atom is 0.410 e. The number of aryl methyl sites for hydroxylation is 1. The molecule has 3 aromatic heterocycles. The van der Waals surface area contributed by atoms with Crippen molar-refractivity contribution in [3.05, 3.63) is 71.1 Å². The van der Waals surface area contributed by atoms with E-state index in [0.29, 0.717) is 71.9 Å². The van der Waals surface area contributed by atoms with Crippen molar-refractivity contribution in [1.29, 1.82) is 0 Å². The van der Waals surface area contributed by atoms with Gasteiger partial charge in [-0.15, -0.1) is 0 Å². The van der Waals surface area contributed by atoms with Crippen LogP contribution < -0.4 is 4.90 Å². The molecule has 0 unspecified atom stereocenters. The number of piperidine rings is 1. The molecule has 2 fully saturated rings. The molecule has 11 nitrogen and oxygen atoms in total. The third-order valence-corrected chi connectivity index (χ3v) is 13.1. The molecule has 3 aliphatic rings. The van der Waals surface area contributed by atoms with E-state index in [2.05, 4.69) is 21.0 Å². The highest BCUT2D eigenvalue weighted by Gasteiger charge is 2.65. The summed E-state index contributed by atoms with van der Waals surface area (Å²) in [4.78, 5) is 35.4. The summed E-state index contributed by atoms with van der Waals surface area (Å²) in [5.41, 5.74) is 1.29. The topological polar surface area (TPSA) is 120 Å². The number of anilines is 1. The molecule has 0 atom stereocenters. The minimum absolute atomic E-state index is 0.0677. The number of hydrogen-bond acceptors (Lipinski definition) is 7. The molecule has 5 heterocycles. The number of halogens is 1. The second-order valence-electron chi connectivity index (χ2n) is 14.6. The van der Waals surface area contributed by atoms with Crippen LogP contribution in [0.4, 0.5) is 10.5 Å². The quantitative estimate of drug-likeness (QED) is 0.204. The van der Waals surface area contributed by atoms with Crippen LogP contribution >= 0.6 is 15.9 Å². The number of amides is 2. The third kappa shape index (κ3) is 4.68. The zero-order valence-corrected chi connectivity index (χ0v) is 29.9. The number of likely N-dealkylation sites (N-methyl/N-ethyl adjacent to an activating group) is 1. The van der Waals surface area contributed by atoms with Crippen LogP contribution in [0.1, 0.15) is 56.1 Å². The van der Waals surface area contributed by atoms with Crippen molar-refractivity contribution < 1.29 is 26.9 Å². The zero-order chi connectivity index (χ0) is 37.2. The molecule has 2 aromatic carbocycles. The van der Waals surface area contributed by atoms with E-state index in [1.54, 1.807) is 59.4 Å². The molecule has 254 valence electrons. The summed E-state index contributed by atoms with van der Waals surface area (Å²) in [6, 6.07) is 13.3. The first-order valence-corrected chi connectivity index (χ1v) is 18.4. The molecule has 49 heavy (non-hydrogen) atoms. The summed E-state index contributed by atoms with van der Waals surface area (Å²) in [5, 5.41) is 5.20. The van der Waals surface area contributed by atoms with E-state index in [-0.39, 0.29) is 32.6 Å². The van der Waals surface area contributed by atoms with Gasteiger partial charge in [-0.1, -0.05) is 24.3 Å². The van der Waals surface area contributed by atoms with Crippen molar-refractivity contribution in [2.24, 2.45) is 12.4 Å². The number of carbonyl (C=O) groups excluding carboxylic acids is 2. The van der Waals surface area contributed by atoms with Crippen molar-refractivity contribution in [3.63, 3.8) is 0 Å². The zero-order valence-electron chi connectivity index (χ0n) is 30.5. The fraction of sp³-hybridized carbons (Fsp3) is 0.389. The first-order valence-electron chi connectivity index (χ1n) is 17.7. The Morgan fingerprint density at radius 2 is 1.78 bits per heavy atom. The maximum atomic E-state index is 14.4. The molecule has 1 saturated heterocycles. The minimum Gasteiger partial charge on any atom is -0.444 e. The van der Waals surface area contributed by atoms with Crippen molar-refractivity contribution in [2.75, 3.05) is 25.0 Å². The average molecular weight is 749 g/mol. The number of hydrogen-bond donors (Lipinski definition) is 0. The normalized spacial score (nSPS) is 19.6. The summed E-state index contributed by atoms with van der Waals surface area (Å²) in [7, 11) is -2.47. The summed E-state index contributed by atoms with van der Waals surface area (Å²) in [6.07, 6.45) is 5.20. The van der Waals surface area contributed by atoms with E-state index in [9.17, 15) is 18.0 Å². The Labute approximate surface area is 297 Å². The van der Waals surface area contributed by atoms with Gasteiger partial charge in [0.15, 0.2) is 5.65 Å². The molecule has 5 aromatic rings. The van der Waals surface area contributed by atoms with E-state index in [4.69, 9.17) is 13.8 Å². The maximum absolute atomic E-state index is 14.4. The van der Waals surface area contributed by atoms with Gasteiger partial charge in [-0.05, 0) is 97.6 Å². The van der Waals surface area contributed by atoms with Crippen molar-refractivity contribution >= 4 is 65.6 Å². The van der Waals surface area contributed by atoms with Gasteiger partial charge < -0.3 is 14.5 Å². The van der Waals surface area contributed by atoms with Gasteiger partial charge in [0.1, 0.15) is 10.2 Å². The number of fused-ring (bicyclic) bond motifs is 5. The van der Waals surface area contributed by atoms with E-state index in [1.807, 2.05) is 20.8 Å². The van der Waals surface area contributed by atoms with E-state index < -0.39 is 28.0 Å². The molecule has 2 amide bonds. The Kier molecular flexibility index (Phi) is 6.21. The van der Waals surface area contributed by atoms with Crippen molar-refractivity contribution in [1.82, 2.24) is 23.6 Å². The first kappa shape index (κ1) is 28.6. The largest absolute Gasteiger partial charge is 0.444 e. The van der Waals surface area contributed by atoms with Gasteiger partial charge in [0.25, 0.3) is 10.0 Å². The van der Waals surface area contributed by atoms with Gasteiger partial charge in [0.05, 0.1) is 33.9 Å². The lowest BCUT2D eigenvalue weighted by molar-refractivity contribution is -0.134. The molecule has 0 radical (unpaired) electrons. The molecule has 0 bridgehead atoms. The van der Waals surface area contributed by atoms with Crippen molar-refractivity contribution in [3.8, 4) is 11.1 Å². The molecular weight excluding hydrogens is 708 g/mol. The monoisotopic (exact) mass is 747 g/mol. The molecule has 0 N–H and O–H groups in total. The number of benzene rings is 2. The highest BCUT2D eigenvalue weighted by atomic mass is 79.9. The van der Waals surface area contributed by atoms with Gasteiger partial charge in [-0.2, -0.15) is 5.10 Å². The Morgan fingerprint density at radius 3 is 2.45 bits per heavy atom. The van der Waals surface area contributed by atoms with E-state index >= 15 is 0 Å². The number of rotatable bonds is 3. The Bertz CT molecular complexity index is 2420. The Balaban J connectivity index is 1.30. The molecule has 8 rings (SSSR count). The van der Waals surface area contributed by atoms with Crippen LogP contribution in [0.25, 0.3) is 33.1 Å². The number of aromatic nitrogens is 4. The van der Waals surface area contributed by atoms with Gasteiger partial charge in [-0.3, -0.25) is 9.48 Å². The van der Waals surface area contributed by atoms with Gasteiger partial charge in [0.2, 0.25) is 5.91 Å². The molecule has 2 aliphatic heterocycles. The highest BCUT2D eigenvalue weighted by molar-refractivity contribution is 9.10. The number of pyridine rings is 1. The van der Waals surface area contributed by atoms with Crippen LogP contribution in [0, 0.1) is 5.41 Å². The SMILES string of the molecule is [2H]C([2H])([2H])n1ncc2cc(-c3c(Br)n(S(=O)(=O)c4ccccc4)c4ncc5c(c34)C3(CC4(CCN(C(=O)OC(C)(C)C)CC4)C3)C(=O)N5C)ccc21. The van der Waals surface area contributed by atoms with Gasteiger partial charge in [0, 0.05) is 53.1 Å². The molecule has 1 aliphatic carbocycles. The van der Waals surface area contributed by atoms with Crippen LogP contribution in [0.2, 0.25) is 0 Å². The van der Waals surface area contributed by atoms with Crippen LogP contribution in [0.3, 0.4) is 0 Å². The number of nitrogens with zero attached hydrogens (tertiary/aromatic N) is 6. The summed E-state index contributed by atoms with van der Waals surface area (Å²) < 4.78 is 60.6. The lowest BCUT2D eigenvalue weighted by Gasteiger charge is -2.57. The van der Waals surface area contributed by atoms with E-state index in [0.717, 1.165) is 10.2 Å². The second-order valence-corrected chi connectivity index (χ2v) is 17.1. The number of ether oxygens (including phenoxy) is 1. The van der Waals surface area contributed by atoms with E-state index in [1.165, 1.54) is 22.3 Å². The van der Waals surface area contributed by atoms with Gasteiger partial charge >= 0.3 is 6.09 Å². The number of carbonyl (C=O) groups is 2. The first-order chi connectivity index (χ1) is 24.4. The summed E-state index contributed by atoms with van der Waals surface area (Å²) in [6.45, 7) is 4.06. The molecular formula is C36H37BrN6O5S. The van der Waals surface area contributed by atoms with Crippen LogP contribution in [-0.2, 0) is 31.9 Å². The fourth-order valence-electron chi connectivity index (χ4n) is 8.23. The fourth-order valence-corrected chi connectivity index (χ4v) is 10.8. The molecule has 13 heteroatoms. The molecule has 1 saturated carbocycles. The highest BCUT2D eigenvalue weighted by Crippen LogP contribution is 2.66. The molecule has 2 spiro atoms. The lowest BCUT2D eigenvalue weighted by Crippen LogP contribution is -2.58. The lowest BCUT2D eigenvalue weighted by atomic mass is 9.47. The standard InChI is InChI=1S/C36H37BrN6O5S/c1-34(2,3)48-33(45)42-15-13-35(14-16-42)20-36(21-35)29-26(40(4)32(36)44)19-38-31-28(29)27(22-11-12-25-23(17-22)18-39-41(25)5)30(37)43(31)49(46,47)24-9-7-6-8-10-24/h6-12,17-19H,13-16,20-21H2,1-5H3/i5D3. The predicted molar refractivity (Wildman–Crippen MR) is 190 cm³/mol. The predicted octanol–water partition coefficient (Wildman–Crippen LogP) is 6.61. The third-order valence-electron chi connectivity index (χ3n) is 10.4. The van der Waals surface area contributed by atoms with Crippen LogP contribution in [0.15, 0.2) is 70.4 Å². The minimum atomic E-state index is -4.20. The van der Waals surface area contributed by atoms with Gasteiger partial charge in [-0.25, -0.2) is 22.2 Å².